The zero-order chi connectivity index (χ0) is 21.1. The molecule has 4 N–H and O–H groups in total. The number of carbonyl (C=O) groups excluding carboxylic acids is 1. The lowest BCUT2D eigenvalue weighted by Crippen LogP contribution is -2.61. The fourth-order valence-corrected chi connectivity index (χ4v) is 5.88. The fraction of sp³-hybridized carbons (Fsp3) is 0.857. The summed E-state index contributed by atoms with van der Waals surface area (Å²) in [5, 5.41) is 40.0. The average Bonchev–Trinajstić information content (AvgIpc) is 3.17. The largest absolute Gasteiger partial charge is 0.461 e. The van der Waals surface area contributed by atoms with Crippen molar-refractivity contribution in [2.24, 2.45) is 23.7 Å². The second-order valence-electron chi connectivity index (χ2n) is 9.35. The van der Waals surface area contributed by atoms with E-state index in [0.717, 1.165) is 24.8 Å². The molecule has 8 nitrogen and oxygen atoms in total. The molecule has 0 bridgehead atoms. The molecule has 2 aliphatic carbocycles. The van der Waals surface area contributed by atoms with Crippen LogP contribution >= 0.6 is 0 Å². The Balaban J connectivity index is 1.60. The lowest BCUT2D eigenvalue weighted by atomic mass is 9.77. The van der Waals surface area contributed by atoms with Gasteiger partial charge in [-0.2, -0.15) is 0 Å². The third-order valence-electron chi connectivity index (χ3n) is 7.72. The number of rotatable bonds is 3. The maximum Gasteiger partial charge on any atom is 0.309 e. The second-order valence-corrected chi connectivity index (χ2v) is 9.35. The molecule has 0 radical (unpaired) electrons. The summed E-state index contributed by atoms with van der Waals surface area (Å²) < 4.78 is 17.7. The van der Waals surface area contributed by atoms with Crippen molar-refractivity contribution in [2.75, 3.05) is 6.61 Å². The molecule has 0 aromatic rings. The van der Waals surface area contributed by atoms with E-state index in [1.54, 1.807) is 0 Å². The van der Waals surface area contributed by atoms with E-state index in [-0.39, 0.29) is 35.7 Å². The van der Waals surface area contributed by atoms with Gasteiger partial charge in [0, 0.05) is 11.8 Å². The molecule has 0 amide bonds. The Morgan fingerprint density at radius 3 is 2.62 bits per heavy atom. The monoisotopic (exact) mass is 412 g/mol. The predicted molar refractivity (Wildman–Crippen MR) is 100 cm³/mol. The van der Waals surface area contributed by atoms with Crippen molar-refractivity contribution in [1.82, 2.24) is 0 Å². The standard InChI is InChI=1S/C21H32O8/c1-9-4-5-12-14(9)18-11(10(2)19(26)28-18)6-7-21(12,3)29-20-17(25)16(24)15(23)13(8-22)27-20/h10-18,20,22-25H,1,4-8H2,2-3H3/t10-,11+,12-,13-,14+,15-,16+,17-,18+,20+,21-/m1/s1. The van der Waals surface area contributed by atoms with E-state index in [9.17, 15) is 25.2 Å². The van der Waals surface area contributed by atoms with Crippen LogP contribution in [0.25, 0.3) is 0 Å². The second kappa shape index (κ2) is 7.59. The molecule has 2 aliphatic heterocycles. The maximum atomic E-state index is 12.2. The molecule has 0 aromatic heterocycles. The van der Waals surface area contributed by atoms with Crippen LogP contribution in [-0.4, -0.2) is 75.4 Å². The molecule has 0 spiro atoms. The molecule has 4 fully saturated rings. The van der Waals surface area contributed by atoms with E-state index in [1.807, 2.05) is 13.8 Å². The molecular formula is C21H32O8. The smallest absolute Gasteiger partial charge is 0.309 e. The Morgan fingerprint density at radius 2 is 1.93 bits per heavy atom. The van der Waals surface area contributed by atoms with Crippen LogP contribution in [0.5, 0.6) is 0 Å². The molecule has 0 aromatic carbocycles. The number of aliphatic hydroxyl groups excluding tert-OH is 4. The highest BCUT2D eigenvalue weighted by atomic mass is 16.7. The highest BCUT2D eigenvalue weighted by molar-refractivity contribution is 5.75. The lowest BCUT2D eigenvalue weighted by molar-refractivity contribution is -0.332. The minimum Gasteiger partial charge on any atom is -0.461 e. The Bertz CT molecular complexity index is 665. The van der Waals surface area contributed by atoms with Gasteiger partial charge in [0.15, 0.2) is 6.29 Å². The minimum atomic E-state index is -1.48. The Labute approximate surface area is 170 Å². The SMILES string of the molecule is C=C1CC[C@@H]2[C@H]1[C@H]1OC(=O)[C@H](C)[C@@H]1CC[C@@]2(C)O[C@@H]1O[C@H](CO)[C@@H](O)[C@H](O)[C@H]1O. The van der Waals surface area contributed by atoms with Crippen LogP contribution in [-0.2, 0) is 19.0 Å². The summed E-state index contributed by atoms with van der Waals surface area (Å²) in [5.74, 6) is -0.243. The number of esters is 1. The molecule has 0 unspecified atom stereocenters. The zero-order valence-electron chi connectivity index (χ0n) is 16.9. The Morgan fingerprint density at radius 1 is 1.21 bits per heavy atom. The van der Waals surface area contributed by atoms with Gasteiger partial charge in [-0.3, -0.25) is 4.79 Å². The fourth-order valence-electron chi connectivity index (χ4n) is 5.88. The number of aliphatic hydroxyl groups is 4. The first-order valence-corrected chi connectivity index (χ1v) is 10.5. The highest BCUT2D eigenvalue weighted by Crippen LogP contribution is 2.55. The van der Waals surface area contributed by atoms with Gasteiger partial charge in [-0.05, 0) is 38.5 Å². The molecule has 11 atom stereocenters. The topological polar surface area (TPSA) is 126 Å². The third-order valence-corrected chi connectivity index (χ3v) is 7.72. The molecule has 2 heterocycles. The molecule has 8 heteroatoms. The van der Waals surface area contributed by atoms with Crippen LogP contribution in [0.4, 0.5) is 0 Å². The van der Waals surface area contributed by atoms with Crippen molar-refractivity contribution in [3.63, 3.8) is 0 Å². The van der Waals surface area contributed by atoms with Crippen molar-refractivity contribution >= 4 is 5.97 Å². The zero-order valence-corrected chi connectivity index (χ0v) is 16.9. The first-order valence-electron chi connectivity index (χ1n) is 10.5. The van der Waals surface area contributed by atoms with Gasteiger partial charge in [-0.1, -0.05) is 19.1 Å². The van der Waals surface area contributed by atoms with Crippen LogP contribution in [0, 0.1) is 23.7 Å². The number of fused-ring (bicyclic) bond motifs is 3. The quantitative estimate of drug-likeness (QED) is 0.380. The van der Waals surface area contributed by atoms with Crippen molar-refractivity contribution in [2.45, 2.75) is 81.9 Å². The van der Waals surface area contributed by atoms with Gasteiger partial charge >= 0.3 is 5.97 Å². The third kappa shape index (κ3) is 3.34. The van der Waals surface area contributed by atoms with E-state index in [2.05, 4.69) is 6.58 Å². The van der Waals surface area contributed by atoms with Gasteiger partial charge in [-0.15, -0.1) is 0 Å². The average molecular weight is 412 g/mol. The molecule has 29 heavy (non-hydrogen) atoms. The minimum absolute atomic E-state index is 0.0220. The predicted octanol–water partition coefficient (Wildman–Crippen LogP) is 0.115. The van der Waals surface area contributed by atoms with E-state index in [4.69, 9.17) is 14.2 Å². The molecule has 2 saturated carbocycles. The summed E-state index contributed by atoms with van der Waals surface area (Å²) in [6, 6.07) is 0. The summed E-state index contributed by atoms with van der Waals surface area (Å²) in [6.45, 7) is 7.61. The summed E-state index contributed by atoms with van der Waals surface area (Å²) in [6.07, 6.45) is -3.73. The van der Waals surface area contributed by atoms with Crippen molar-refractivity contribution in [1.29, 1.82) is 0 Å². The molecule has 4 aliphatic rings. The first-order chi connectivity index (χ1) is 13.7. The molecular weight excluding hydrogens is 380 g/mol. The van der Waals surface area contributed by atoms with Crippen LogP contribution in [0.1, 0.15) is 39.5 Å². The van der Waals surface area contributed by atoms with Gasteiger partial charge in [0.1, 0.15) is 30.5 Å². The van der Waals surface area contributed by atoms with E-state index >= 15 is 0 Å². The van der Waals surface area contributed by atoms with Crippen molar-refractivity contribution < 1.29 is 39.4 Å². The van der Waals surface area contributed by atoms with Gasteiger partial charge in [0.2, 0.25) is 0 Å². The van der Waals surface area contributed by atoms with Crippen LogP contribution in [0.15, 0.2) is 12.2 Å². The van der Waals surface area contributed by atoms with Gasteiger partial charge in [0.05, 0.1) is 18.1 Å². The molecule has 4 rings (SSSR count). The first kappa shape index (κ1) is 21.2. The maximum absolute atomic E-state index is 12.2. The normalized spacial score (nSPS) is 52.6. The summed E-state index contributed by atoms with van der Waals surface area (Å²) in [7, 11) is 0. The number of carbonyl (C=O) groups is 1. The summed E-state index contributed by atoms with van der Waals surface area (Å²) in [4.78, 5) is 12.2. The number of ether oxygens (including phenoxy) is 3. The van der Waals surface area contributed by atoms with Gasteiger partial charge in [0.25, 0.3) is 0 Å². The van der Waals surface area contributed by atoms with Crippen LogP contribution in [0.3, 0.4) is 0 Å². The van der Waals surface area contributed by atoms with Gasteiger partial charge in [-0.25, -0.2) is 0 Å². The number of hydrogen-bond acceptors (Lipinski definition) is 8. The molecule has 2 saturated heterocycles. The van der Waals surface area contributed by atoms with Crippen LogP contribution in [0.2, 0.25) is 0 Å². The summed E-state index contributed by atoms with van der Waals surface area (Å²) in [5.41, 5.74) is 0.353. The van der Waals surface area contributed by atoms with Crippen molar-refractivity contribution in [3.05, 3.63) is 12.2 Å². The van der Waals surface area contributed by atoms with Gasteiger partial charge < -0.3 is 34.6 Å². The Kier molecular flexibility index (Phi) is 5.55. The Hall–Kier alpha value is -1.03. The van der Waals surface area contributed by atoms with E-state index in [0.29, 0.717) is 6.42 Å². The van der Waals surface area contributed by atoms with Crippen LogP contribution < -0.4 is 0 Å². The lowest BCUT2D eigenvalue weighted by Gasteiger charge is -2.46. The summed E-state index contributed by atoms with van der Waals surface area (Å²) >= 11 is 0. The number of hydrogen-bond donors (Lipinski definition) is 4. The van der Waals surface area contributed by atoms with E-state index < -0.39 is 42.9 Å². The van der Waals surface area contributed by atoms with Crippen molar-refractivity contribution in [3.8, 4) is 0 Å². The van der Waals surface area contributed by atoms with E-state index in [1.165, 1.54) is 0 Å². The molecule has 164 valence electrons. The highest BCUT2D eigenvalue weighted by Gasteiger charge is 2.58.